The molecule has 1 aliphatic rings. The van der Waals surface area contributed by atoms with E-state index in [1.807, 2.05) is 0 Å². The second-order valence-electron chi connectivity index (χ2n) is 3.73. The molecule has 0 fully saturated rings. The summed E-state index contributed by atoms with van der Waals surface area (Å²) in [6.45, 7) is 0. The van der Waals surface area contributed by atoms with Crippen LogP contribution in [0.5, 0.6) is 0 Å². The van der Waals surface area contributed by atoms with Gasteiger partial charge in [-0.25, -0.2) is 4.31 Å². The standard InChI is InChI=1S/C12H8.H4O5P2/c1-2-6-10-9(5-1)11-7-3-4-8-12(10)11;1-6(2)5-7(3)4/h1-8H;6-7H,(H,1,2)(H,3,4). The Balaban J connectivity index is 0.000000167. The lowest BCUT2D eigenvalue weighted by Gasteiger charge is -2.22. The molecule has 0 saturated heterocycles. The number of rotatable bonds is 2. The highest BCUT2D eigenvalue weighted by Gasteiger charge is 2.19. The highest BCUT2D eigenvalue weighted by molar-refractivity contribution is 7.46. The van der Waals surface area contributed by atoms with E-state index in [4.69, 9.17) is 9.79 Å². The molecule has 3 rings (SSSR count). The van der Waals surface area contributed by atoms with Gasteiger partial charge < -0.3 is 9.79 Å². The van der Waals surface area contributed by atoms with Crippen LogP contribution in [0.1, 0.15) is 0 Å². The SMILES string of the molecule is O=[PH](O)O[PH](=O)O.c1ccc2c(c1)-c1ccccc1-2. The first-order chi connectivity index (χ1) is 9.09. The summed E-state index contributed by atoms with van der Waals surface area (Å²) in [5, 5.41) is 0. The van der Waals surface area contributed by atoms with Crippen LogP contribution in [0.15, 0.2) is 48.5 Å². The molecule has 2 N–H and O–H groups in total. The quantitative estimate of drug-likeness (QED) is 0.710. The van der Waals surface area contributed by atoms with Crippen molar-refractivity contribution in [3.8, 4) is 22.3 Å². The molecule has 0 heterocycles. The van der Waals surface area contributed by atoms with E-state index in [1.165, 1.54) is 22.3 Å². The fourth-order valence-corrected chi connectivity index (χ4v) is 2.52. The molecule has 0 radical (unpaired) electrons. The predicted molar refractivity (Wildman–Crippen MR) is 74.4 cm³/mol. The van der Waals surface area contributed by atoms with Crippen molar-refractivity contribution in [2.45, 2.75) is 0 Å². The Morgan fingerprint density at radius 3 is 1.11 bits per heavy atom. The van der Waals surface area contributed by atoms with Gasteiger partial charge in [0.1, 0.15) is 0 Å². The first kappa shape index (κ1) is 14.2. The zero-order chi connectivity index (χ0) is 13.8. The summed E-state index contributed by atoms with van der Waals surface area (Å²) in [7, 11) is -6.40. The minimum Gasteiger partial charge on any atom is -0.326 e. The minimum atomic E-state index is -3.20. The third kappa shape index (κ3) is 3.41. The van der Waals surface area contributed by atoms with Gasteiger partial charge >= 0.3 is 16.5 Å². The average molecular weight is 298 g/mol. The molecule has 0 bridgehead atoms. The smallest absolute Gasteiger partial charge is 0.323 e. The van der Waals surface area contributed by atoms with Crippen molar-refractivity contribution in [2.24, 2.45) is 0 Å². The summed E-state index contributed by atoms with van der Waals surface area (Å²) in [5.74, 6) is 0. The van der Waals surface area contributed by atoms with Gasteiger partial charge in [0, 0.05) is 0 Å². The number of benzene rings is 2. The van der Waals surface area contributed by atoms with Crippen molar-refractivity contribution < 1.29 is 23.2 Å². The Labute approximate surface area is 111 Å². The maximum atomic E-state index is 9.44. The molecule has 1 aliphatic carbocycles. The zero-order valence-electron chi connectivity index (χ0n) is 9.74. The van der Waals surface area contributed by atoms with E-state index < -0.39 is 16.5 Å². The van der Waals surface area contributed by atoms with Crippen molar-refractivity contribution in [1.82, 2.24) is 0 Å². The molecule has 0 spiro atoms. The average Bonchev–Trinajstić information content (AvgIpc) is 2.35. The van der Waals surface area contributed by atoms with Crippen LogP contribution in [0, 0.1) is 0 Å². The van der Waals surface area contributed by atoms with Gasteiger partial charge in [-0.05, 0) is 22.3 Å². The molecule has 2 aromatic rings. The van der Waals surface area contributed by atoms with E-state index in [9.17, 15) is 9.13 Å². The van der Waals surface area contributed by atoms with Gasteiger partial charge in [-0.15, -0.1) is 0 Å². The Morgan fingerprint density at radius 1 is 0.684 bits per heavy atom. The lowest BCUT2D eigenvalue weighted by atomic mass is 9.81. The molecule has 5 nitrogen and oxygen atoms in total. The third-order valence-corrected chi connectivity index (χ3v) is 4.01. The second-order valence-corrected chi connectivity index (χ2v) is 5.61. The lowest BCUT2D eigenvalue weighted by molar-refractivity contribution is 0.371. The monoisotopic (exact) mass is 298 g/mol. The fraction of sp³-hybridized carbons (Fsp3) is 0. The van der Waals surface area contributed by atoms with Gasteiger partial charge in [0.05, 0.1) is 0 Å². The molecule has 0 aromatic heterocycles. The molecule has 2 atom stereocenters. The van der Waals surface area contributed by atoms with Crippen LogP contribution in [0.3, 0.4) is 0 Å². The van der Waals surface area contributed by atoms with Gasteiger partial charge in [-0.1, -0.05) is 48.5 Å². The summed E-state index contributed by atoms with van der Waals surface area (Å²) < 4.78 is 22.3. The lowest BCUT2D eigenvalue weighted by Crippen LogP contribution is -1.96. The molecule has 0 aliphatic heterocycles. The molecular formula is C12H12O5P2. The van der Waals surface area contributed by atoms with Crippen LogP contribution in [0.2, 0.25) is 0 Å². The van der Waals surface area contributed by atoms with Crippen molar-refractivity contribution in [3.05, 3.63) is 48.5 Å². The van der Waals surface area contributed by atoms with Gasteiger partial charge in [0.25, 0.3) is 0 Å². The Morgan fingerprint density at radius 2 is 0.947 bits per heavy atom. The molecule has 19 heavy (non-hydrogen) atoms. The molecule has 2 aromatic carbocycles. The zero-order valence-corrected chi connectivity index (χ0v) is 11.7. The van der Waals surface area contributed by atoms with Crippen molar-refractivity contribution in [3.63, 3.8) is 0 Å². The first-order valence-corrected chi connectivity index (χ1v) is 7.95. The highest BCUT2D eigenvalue weighted by atomic mass is 31.2. The van der Waals surface area contributed by atoms with Gasteiger partial charge in [-0.3, -0.25) is 9.13 Å². The molecule has 7 heteroatoms. The fourth-order valence-electron chi connectivity index (χ4n) is 1.92. The Hall–Kier alpha value is -1.22. The topological polar surface area (TPSA) is 83.8 Å². The number of fused-ring (bicyclic) bond motifs is 4. The van der Waals surface area contributed by atoms with Crippen molar-refractivity contribution in [2.75, 3.05) is 0 Å². The number of hydrogen-bond acceptors (Lipinski definition) is 3. The Kier molecular flexibility index (Phi) is 4.70. The van der Waals surface area contributed by atoms with Crippen LogP contribution in [0.25, 0.3) is 22.3 Å². The van der Waals surface area contributed by atoms with Crippen molar-refractivity contribution in [1.29, 1.82) is 0 Å². The van der Waals surface area contributed by atoms with E-state index in [0.717, 1.165) is 0 Å². The van der Waals surface area contributed by atoms with E-state index >= 15 is 0 Å². The molecular weight excluding hydrogens is 286 g/mol. The number of hydrogen-bond donors (Lipinski definition) is 2. The van der Waals surface area contributed by atoms with Gasteiger partial charge in [0.15, 0.2) is 0 Å². The maximum Gasteiger partial charge on any atom is 0.323 e. The largest absolute Gasteiger partial charge is 0.326 e. The van der Waals surface area contributed by atoms with Crippen LogP contribution < -0.4 is 0 Å². The minimum absolute atomic E-state index is 1.40. The summed E-state index contributed by atoms with van der Waals surface area (Å²) in [6.07, 6.45) is 0. The van der Waals surface area contributed by atoms with E-state index in [1.54, 1.807) is 0 Å². The second kappa shape index (κ2) is 6.29. The highest BCUT2D eigenvalue weighted by Crippen LogP contribution is 2.46. The summed E-state index contributed by atoms with van der Waals surface area (Å²) in [4.78, 5) is 15.4. The molecule has 2 unspecified atom stereocenters. The predicted octanol–water partition coefficient (Wildman–Crippen LogP) is 3.10. The molecule has 100 valence electrons. The van der Waals surface area contributed by atoms with E-state index in [2.05, 4.69) is 52.8 Å². The van der Waals surface area contributed by atoms with Gasteiger partial charge in [-0.2, -0.15) is 0 Å². The summed E-state index contributed by atoms with van der Waals surface area (Å²) >= 11 is 0. The van der Waals surface area contributed by atoms with Crippen LogP contribution in [-0.2, 0) is 13.4 Å². The van der Waals surface area contributed by atoms with E-state index in [-0.39, 0.29) is 0 Å². The van der Waals surface area contributed by atoms with E-state index in [0.29, 0.717) is 0 Å². The van der Waals surface area contributed by atoms with Gasteiger partial charge in [0.2, 0.25) is 0 Å². The first-order valence-electron chi connectivity index (χ1n) is 5.42. The van der Waals surface area contributed by atoms with Crippen molar-refractivity contribution >= 4 is 16.5 Å². The molecule has 0 saturated carbocycles. The normalized spacial score (nSPS) is 14.0. The third-order valence-electron chi connectivity index (χ3n) is 2.61. The van der Waals surface area contributed by atoms with Crippen LogP contribution in [-0.4, -0.2) is 9.79 Å². The van der Waals surface area contributed by atoms with Crippen LogP contribution >= 0.6 is 16.5 Å². The Bertz CT molecular complexity index is 529. The summed E-state index contributed by atoms with van der Waals surface area (Å²) in [6, 6.07) is 17.1. The summed E-state index contributed by atoms with van der Waals surface area (Å²) in [5.41, 5.74) is 5.59. The molecule has 0 amide bonds. The van der Waals surface area contributed by atoms with Crippen LogP contribution in [0.4, 0.5) is 0 Å². The maximum absolute atomic E-state index is 9.44.